The van der Waals surface area contributed by atoms with Crippen molar-refractivity contribution < 1.29 is 0 Å². The first-order valence-corrected chi connectivity index (χ1v) is 7.42. The molecule has 0 radical (unpaired) electrons. The molecule has 1 aromatic carbocycles. The highest BCUT2D eigenvalue weighted by Crippen LogP contribution is 2.38. The van der Waals surface area contributed by atoms with Crippen LogP contribution in [-0.4, -0.2) is 30.6 Å². The minimum Gasteiger partial charge on any atom is -0.315 e. The van der Waals surface area contributed by atoms with Crippen molar-refractivity contribution in [2.45, 2.75) is 38.3 Å². The van der Waals surface area contributed by atoms with E-state index >= 15 is 0 Å². The van der Waals surface area contributed by atoms with Crippen LogP contribution >= 0.6 is 11.6 Å². The first-order chi connectivity index (χ1) is 8.79. The van der Waals surface area contributed by atoms with Crippen LogP contribution in [0.1, 0.15) is 36.9 Å². The van der Waals surface area contributed by atoms with Crippen LogP contribution in [0.4, 0.5) is 0 Å². The molecule has 0 saturated carbocycles. The van der Waals surface area contributed by atoms with E-state index in [1.165, 1.54) is 36.9 Å². The fraction of sp³-hybridized carbons (Fsp3) is 0.600. The van der Waals surface area contributed by atoms with E-state index in [4.69, 9.17) is 11.6 Å². The first kappa shape index (κ1) is 12.5. The van der Waals surface area contributed by atoms with Crippen LogP contribution in [0.15, 0.2) is 18.2 Å². The molecule has 0 amide bonds. The third-order valence-electron chi connectivity index (χ3n) is 4.42. The SMILES string of the molecule is CCN(C1CCNC1)C1CCc2cc(Cl)ccc21. The molecule has 1 fully saturated rings. The zero-order chi connectivity index (χ0) is 12.5. The van der Waals surface area contributed by atoms with Gasteiger partial charge >= 0.3 is 0 Å². The molecule has 1 aromatic rings. The van der Waals surface area contributed by atoms with Crippen LogP contribution < -0.4 is 5.32 Å². The van der Waals surface area contributed by atoms with Crippen LogP contribution in [-0.2, 0) is 6.42 Å². The molecular formula is C15H21ClN2. The van der Waals surface area contributed by atoms with Gasteiger partial charge in [0.25, 0.3) is 0 Å². The van der Waals surface area contributed by atoms with Gasteiger partial charge in [0, 0.05) is 23.7 Å². The molecule has 1 N–H and O–H groups in total. The van der Waals surface area contributed by atoms with E-state index in [-0.39, 0.29) is 0 Å². The van der Waals surface area contributed by atoms with Gasteiger partial charge in [0.2, 0.25) is 0 Å². The quantitative estimate of drug-likeness (QED) is 0.903. The number of rotatable bonds is 3. The van der Waals surface area contributed by atoms with E-state index in [9.17, 15) is 0 Å². The van der Waals surface area contributed by atoms with Gasteiger partial charge in [-0.25, -0.2) is 0 Å². The largest absolute Gasteiger partial charge is 0.315 e. The average Bonchev–Trinajstić information content (AvgIpc) is 3.00. The molecule has 1 aliphatic carbocycles. The molecule has 1 aliphatic heterocycles. The standard InChI is InChI=1S/C15H21ClN2/c1-2-18(13-7-8-17-10-13)15-6-3-11-9-12(16)4-5-14(11)15/h4-5,9,13,15,17H,2-3,6-8,10H2,1H3. The van der Waals surface area contributed by atoms with E-state index in [2.05, 4.69) is 29.3 Å². The number of halogens is 1. The number of nitrogens with zero attached hydrogens (tertiary/aromatic N) is 1. The topological polar surface area (TPSA) is 15.3 Å². The average molecular weight is 265 g/mol. The fourth-order valence-electron chi connectivity index (χ4n) is 3.56. The number of hydrogen-bond acceptors (Lipinski definition) is 2. The summed E-state index contributed by atoms with van der Waals surface area (Å²) in [5, 5.41) is 4.36. The molecule has 3 rings (SSSR count). The van der Waals surface area contributed by atoms with Crippen molar-refractivity contribution in [3.63, 3.8) is 0 Å². The molecule has 3 heteroatoms. The predicted octanol–water partition coefficient (Wildman–Crippen LogP) is 3.01. The molecule has 2 unspecified atom stereocenters. The minimum absolute atomic E-state index is 0.604. The van der Waals surface area contributed by atoms with Crippen molar-refractivity contribution >= 4 is 11.6 Å². The Morgan fingerprint density at radius 2 is 2.28 bits per heavy atom. The number of fused-ring (bicyclic) bond motifs is 1. The van der Waals surface area contributed by atoms with Gasteiger partial charge in [-0.05, 0) is 55.6 Å². The molecule has 18 heavy (non-hydrogen) atoms. The summed E-state index contributed by atoms with van der Waals surface area (Å²) in [6.45, 7) is 5.74. The fourth-order valence-corrected chi connectivity index (χ4v) is 3.76. The summed E-state index contributed by atoms with van der Waals surface area (Å²) in [6, 6.07) is 7.74. The second-order valence-corrected chi connectivity index (χ2v) is 5.81. The Bertz CT molecular complexity index is 427. The molecule has 0 spiro atoms. The summed E-state index contributed by atoms with van der Waals surface area (Å²) in [4.78, 5) is 2.68. The lowest BCUT2D eigenvalue weighted by Gasteiger charge is -2.33. The van der Waals surface area contributed by atoms with Crippen LogP contribution in [0.5, 0.6) is 0 Å². The molecule has 0 aromatic heterocycles. The highest BCUT2D eigenvalue weighted by molar-refractivity contribution is 6.30. The van der Waals surface area contributed by atoms with E-state index < -0.39 is 0 Å². The summed E-state index contributed by atoms with van der Waals surface area (Å²) < 4.78 is 0. The van der Waals surface area contributed by atoms with E-state index in [1.807, 2.05) is 6.07 Å². The van der Waals surface area contributed by atoms with Gasteiger partial charge in [-0.2, -0.15) is 0 Å². The monoisotopic (exact) mass is 264 g/mol. The highest BCUT2D eigenvalue weighted by Gasteiger charge is 2.32. The number of aryl methyl sites for hydroxylation is 1. The summed E-state index contributed by atoms with van der Waals surface area (Å²) in [6.07, 6.45) is 3.71. The van der Waals surface area contributed by atoms with Crippen molar-refractivity contribution in [2.24, 2.45) is 0 Å². The maximum atomic E-state index is 6.09. The molecule has 2 aliphatic rings. The Balaban J connectivity index is 1.85. The van der Waals surface area contributed by atoms with Crippen molar-refractivity contribution in [2.75, 3.05) is 19.6 Å². The third-order valence-corrected chi connectivity index (χ3v) is 4.66. The number of benzene rings is 1. The van der Waals surface area contributed by atoms with Crippen molar-refractivity contribution in [3.05, 3.63) is 34.3 Å². The molecule has 0 bridgehead atoms. The summed E-state index contributed by atoms with van der Waals surface area (Å²) in [7, 11) is 0. The van der Waals surface area contributed by atoms with Crippen LogP contribution in [0, 0.1) is 0 Å². The second kappa shape index (κ2) is 5.20. The first-order valence-electron chi connectivity index (χ1n) is 7.04. The molecule has 1 saturated heterocycles. The Labute approximate surface area is 114 Å². The zero-order valence-corrected chi connectivity index (χ0v) is 11.7. The lowest BCUT2D eigenvalue weighted by atomic mass is 10.0. The molecule has 2 nitrogen and oxygen atoms in total. The molecule has 2 atom stereocenters. The van der Waals surface area contributed by atoms with E-state index in [0.717, 1.165) is 18.1 Å². The predicted molar refractivity (Wildman–Crippen MR) is 76.2 cm³/mol. The van der Waals surface area contributed by atoms with Gasteiger partial charge in [0.1, 0.15) is 0 Å². The Morgan fingerprint density at radius 3 is 3.00 bits per heavy atom. The van der Waals surface area contributed by atoms with E-state index in [0.29, 0.717) is 12.1 Å². The summed E-state index contributed by atoms with van der Waals surface area (Å²) in [5.41, 5.74) is 2.96. The van der Waals surface area contributed by atoms with Crippen molar-refractivity contribution in [1.29, 1.82) is 0 Å². The minimum atomic E-state index is 0.604. The van der Waals surface area contributed by atoms with Gasteiger partial charge in [-0.1, -0.05) is 24.6 Å². The molecule has 1 heterocycles. The highest BCUT2D eigenvalue weighted by atomic mass is 35.5. The lowest BCUT2D eigenvalue weighted by molar-refractivity contribution is 0.151. The van der Waals surface area contributed by atoms with Gasteiger partial charge in [0.05, 0.1) is 0 Å². The maximum Gasteiger partial charge on any atom is 0.0408 e. The van der Waals surface area contributed by atoms with Gasteiger partial charge in [0.15, 0.2) is 0 Å². The molecule has 98 valence electrons. The van der Waals surface area contributed by atoms with Crippen LogP contribution in [0.2, 0.25) is 5.02 Å². The number of nitrogens with one attached hydrogen (secondary N) is 1. The summed E-state index contributed by atoms with van der Waals surface area (Å²) >= 11 is 6.09. The van der Waals surface area contributed by atoms with Gasteiger partial charge in [-0.3, -0.25) is 4.90 Å². The van der Waals surface area contributed by atoms with Crippen LogP contribution in [0.3, 0.4) is 0 Å². The number of likely N-dealkylation sites (N-methyl/N-ethyl adjacent to an activating group) is 1. The summed E-state index contributed by atoms with van der Waals surface area (Å²) in [5.74, 6) is 0. The third kappa shape index (κ3) is 2.18. The van der Waals surface area contributed by atoms with E-state index in [1.54, 1.807) is 0 Å². The lowest BCUT2D eigenvalue weighted by Crippen LogP contribution is -2.38. The second-order valence-electron chi connectivity index (χ2n) is 5.37. The van der Waals surface area contributed by atoms with Crippen molar-refractivity contribution in [3.8, 4) is 0 Å². The van der Waals surface area contributed by atoms with Crippen LogP contribution in [0.25, 0.3) is 0 Å². The maximum absolute atomic E-state index is 6.09. The zero-order valence-electron chi connectivity index (χ0n) is 11.0. The Kier molecular flexibility index (Phi) is 3.60. The Hall–Kier alpha value is -0.570. The van der Waals surface area contributed by atoms with Gasteiger partial charge in [-0.15, -0.1) is 0 Å². The Morgan fingerprint density at radius 1 is 1.39 bits per heavy atom. The molecular weight excluding hydrogens is 244 g/mol. The van der Waals surface area contributed by atoms with Crippen molar-refractivity contribution in [1.82, 2.24) is 10.2 Å². The smallest absolute Gasteiger partial charge is 0.0408 e. The number of hydrogen-bond donors (Lipinski definition) is 1. The van der Waals surface area contributed by atoms with Gasteiger partial charge < -0.3 is 5.32 Å². The normalized spacial score (nSPS) is 26.8.